The fourth-order valence-corrected chi connectivity index (χ4v) is 3.17. The van der Waals surface area contributed by atoms with Crippen molar-refractivity contribution < 1.29 is 31.8 Å². The van der Waals surface area contributed by atoms with Crippen molar-refractivity contribution in [2.75, 3.05) is 0 Å². The summed E-state index contributed by atoms with van der Waals surface area (Å²) in [5.74, 6) is -2.95. The number of pyridine rings is 1. The molecule has 0 saturated carbocycles. The van der Waals surface area contributed by atoms with Crippen LogP contribution in [0.1, 0.15) is 30.8 Å². The zero-order valence-electron chi connectivity index (χ0n) is 17.8. The molecule has 0 spiro atoms. The van der Waals surface area contributed by atoms with Crippen LogP contribution in [0.2, 0.25) is 5.02 Å². The Kier molecular flexibility index (Phi) is 7.41. The van der Waals surface area contributed by atoms with E-state index in [1.807, 2.05) is 0 Å². The van der Waals surface area contributed by atoms with Gasteiger partial charge in [0, 0.05) is 24.4 Å². The Balaban J connectivity index is 2.16. The van der Waals surface area contributed by atoms with E-state index in [-0.39, 0.29) is 28.8 Å². The SMILES string of the molecule is CCn1c(CO)nn(-c2cc(O[C@@H](C)C(F)(F)F)c(/C(F)=C/c3c(F)cccc3Cl)cn2)c1=O. The van der Waals surface area contributed by atoms with Crippen molar-refractivity contribution in [3.05, 3.63) is 68.7 Å². The first-order valence-corrected chi connectivity index (χ1v) is 10.2. The minimum Gasteiger partial charge on any atom is -0.480 e. The molecule has 0 aliphatic heterocycles. The Morgan fingerprint density at radius 3 is 2.62 bits per heavy atom. The lowest BCUT2D eigenvalue weighted by Crippen LogP contribution is -2.31. The molecule has 1 N–H and O–H groups in total. The van der Waals surface area contributed by atoms with Gasteiger partial charge in [0.15, 0.2) is 17.7 Å². The molecule has 7 nitrogen and oxygen atoms in total. The van der Waals surface area contributed by atoms with Crippen molar-refractivity contribution in [1.82, 2.24) is 19.3 Å². The quantitative estimate of drug-likeness (QED) is 0.478. The van der Waals surface area contributed by atoms with Gasteiger partial charge in [0.05, 0.1) is 10.6 Å². The summed E-state index contributed by atoms with van der Waals surface area (Å²) in [6, 6.07) is 4.54. The summed E-state index contributed by atoms with van der Waals surface area (Å²) in [5, 5.41) is 13.2. The maximum Gasteiger partial charge on any atom is 0.425 e. The zero-order valence-corrected chi connectivity index (χ0v) is 18.5. The smallest absolute Gasteiger partial charge is 0.425 e. The molecule has 0 radical (unpaired) electrons. The summed E-state index contributed by atoms with van der Waals surface area (Å²) in [6.07, 6.45) is -5.63. The molecule has 0 bridgehead atoms. The molecule has 0 amide bonds. The van der Waals surface area contributed by atoms with E-state index in [1.54, 1.807) is 6.92 Å². The van der Waals surface area contributed by atoms with E-state index < -0.39 is 47.5 Å². The second-order valence-corrected chi connectivity index (χ2v) is 7.39. The van der Waals surface area contributed by atoms with Gasteiger partial charge >= 0.3 is 11.9 Å². The Hall–Kier alpha value is -3.25. The number of hydrogen-bond donors (Lipinski definition) is 1. The number of alkyl halides is 3. The highest BCUT2D eigenvalue weighted by atomic mass is 35.5. The molecular weight excluding hydrogens is 487 g/mol. The topological polar surface area (TPSA) is 82.2 Å². The molecule has 182 valence electrons. The average molecular weight is 505 g/mol. The van der Waals surface area contributed by atoms with Gasteiger partial charge in [-0.15, -0.1) is 5.10 Å². The van der Waals surface area contributed by atoms with Crippen LogP contribution in [0.3, 0.4) is 0 Å². The molecule has 0 unspecified atom stereocenters. The molecule has 34 heavy (non-hydrogen) atoms. The summed E-state index contributed by atoms with van der Waals surface area (Å²) < 4.78 is 75.4. The van der Waals surface area contributed by atoms with Gasteiger partial charge < -0.3 is 9.84 Å². The highest BCUT2D eigenvalue weighted by Gasteiger charge is 2.38. The number of aliphatic hydroxyl groups excluding tert-OH is 1. The minimum atomic E-state index is -4.79. The van der Waals surface area contributed by atoms with Crippen molar-refractivity contribution in [3.8, 4) is 11.6 Å². The van der Waals surface area contributed by atoms with Crippen molar-refractivity contribution in [2.24, 2.45) is 0 Å². The predicted molar refractivity (Wildman–Crippen MR) is 114 cm³/mol. The Morgan fingerprint density at radius 2 is 2.06 bits per heavy atom. The van der Waals surface area contributed by atoms with E-state index in [0.29, 0.717) is 13.0 Å². The van der Waals surface area contributed by atoms with E-state index in [2.05, 4.69) is 10.1 Å². The van der Waals surface area contributed by atoms with Crippen LogP contribution in [-0.4, -0.2) is 36.7 Å². The molecule has 3 aromatic rings. The molecule has 1 atom stereocenters. The van der Waals surface area contributed by atoms with Crippen LogP contribution in [0.15, 0.2) is 35.3 Å². The summed E-state index contributed by atoms with van der Waals surface area (Å²) in [5.41, 5.74) is -1.59. The van der Waals surface area contributed by atoms with E-state index >= 15 is 4.39 Å². The monoisotopic (exact) mass is 504 g/mol. The summed E-state index contributed by atoms with van der Waals surface area (Å²) in [7, 11) is 0. The Labute approximate surface area is 194 Å². The van der Waals surface area contributed by atoms with Crippen LogP contribution in [0.5, 0.6) is 5.75 Å². The van der Waals surface area contributed by atoms with Gasteiger partial charge in [-0.05, 0) is 32.1 Å². The number of aromatic nitrogens is 4. The fraction of sp³-hybridized carbons (Fsp3) is 0.286. The lowest BCUT2D eigenvalue weighted by atomic mass is 10.1. The first kappa shape index (κ1) is 25.4. The van der Waals surface area contributed by atoms with E-state index in [4.69, 9.17) is 16.3 Å². The molecule has 2 heterocycles. The number of aliphatic hydroxyl groups is 1. The maximum absolute atomic E-state index is 15.1. The standard InChI is InChI=1S/C21H18ClF5N4O3/c1-3-30-19(10-32)29-31(20(30)33)18-8-17(34-11(2)21(25,26)27)13(9-28-18)16(24)7-12-14(22)5-4-6-15(12)23/h4-9,11,32H,3,10H2,1-2H3/b16-7-/t11-/m0/s1. The number of hydrogen-bond acceptors (Lipinski definition) is 5. The number of rotatable bonds is 7. The third-order valence-electron chi connectivity index (χ3n) is 4.76. The highest BCUT2D eigenvalue weighted by molar-refractivity contribution is 6.32. The van der Waals surface area contributed by atoms with Gasteiger partial charge in [0.2, 0.25) is 0 Å². The van der Waals surface area contributed by atoms with Gasteiger partial charge in [0.1, 0.15) is 24.0 Å². The molecule has 13 heteroatoms. The molecule has 0 saturated heterocycles. The molecule has 0 aliphatic rings. The van der Waals surface area contributed by atoms with Crippen LogP contribution in [0, 0.1) is 5.82 Å². The van der Waals surface area contributed by atoms with Crippen molar-refractivity contribution in [3.63, 3.8) is 0 Å². The fourth-order valence-electron chi connectivity index (χ4n) is 2.95. The summed E-state index contributed by atoms with van der Waals surface area (Å²) >= 11 is 5.90. The largest absolute Gasteiger partial charge is 0.480 e. The second kappa shape index (κ2) is 9.94. The van der Waals surface area contributed by atoms with Gasteiger partial charge in [-0.1, -0.05) is 17.7 Å². The Bertz CT molecular complexity index is 1270. The predicted octanol–water partition coefficient (Wildman–Crippen LogP) is 4.53. The van der Waals surface area contributed by atoms with Crippen LogP contribution < -0.4 is 10.4 Å². The molecule has 3 rings (SSSR count). The number of halogens is 6. The maximum atomic E-state index is 15.1. The lowest BCUT2D eigenvalue weighted by Gasteiger charge is -2.19. The summed E-state index contributed by atoms with van der Waals surface area (Å²) in [4.78, 5) is 16.5. The van der Waals surface area contributed by atoms with Crippen molar-refractivity contribution >= 4 is 23.5 Å². The third kappa shape index (κ3) is 5.12. The molecule has 1 aromatic carbocycles. The highest BCUT2D eigenvalue weighted by Crippen LogP contribution is 2.34. The van der Waals surface area contributed by atoms with Crippen LogP contribution in [-0.2, 0) is 13.2 Å². The summed E-state index contributed by atoms with van der Waals surface area (Å²) in [6.45, 7) is 1.91. The van der Waals surface area contributed by atoms with Crippen molar-refractivity contribution in [1.29, 1.82) is 0 Å². The van der Waals surface area contributed by atoms with E-state index in [0.717, 1.165) is 27.6 Å². The van der Waals surface area contributed by atoms with Crippen LogP contribution in [0.25, 0.3) is 17.7 Å². The molecule has 0 aliphatic carbocycles. The third-order valence-corrected chi connectivity index (χ3v) is 5.09. The van der Waals surface area contributed by atoms with Crippen molar-refractivity contribution in [2.45, 2.75) is 39.3 Å². The first-order valence-electron chi connectivity index (χ1n) is 9.82. The van der Waals surface area contributed by atoms with E-state index in [1.165, 1.54) is 12.1 Å². The molecule has 2 aromatic heterocycles. The lowest BCUT2D eigenvalue weighted by molar-refractivity contribution is -0.189. The van der Waals surface area contributed by atoms with Gasteiger partial charge in [-0.2, -0.15) is 17.9 Å². The normalized spacial score (nSPS) is 13.3. The second-order valence-electron chi connectivity index (χ2n) is 6.98. The van der Waals surface area contributed by atoms with Crippen LogP contribution >= 0.6 is 11.6 Å². The number of benzene rings is 1. The molecule has 0 fully saturated rings. The minimum absolute atomic E-state index is 0.00947. The van der Waals surface area contributed by atoms with Crippen LogP contribution in [0.4, 0.5) is 22.0 Å². The zero-order chi connectivity index (χ0) is 25.2. The van der Waals surface area contributed by atoms with Gasteiger partial charge in [-0.3, -0.25) is 4.57 Å². The first-order chi connectivity index (χ1) is 16.0. The van der Waals surface area contributed by atoms with E-state index in [9.17, 15) is 27.5 Å². The number of ether oxygens (including phenoxy) is 1. The Morgan fingerprint density at radius 1 is 1.35 bits per heavy atom. The van der Waals surface area contributed by atoms with Gasteiger partial charge in [0.25, 0.3) is 0 Å². The van der Waals surface area contributed by atoms with Gasteiger partial charge in [-0.25, -0.2) is 18.6 Å². The number of nitrogens with zero attached hydrogens (tertiary/aromatic N) is 4. The average Bonchev–Trinajstić information content (AvgIpc) is 3.10. The molecular formula is C21H18ClF5N4O3.